The molecule has 0 amide bonds. The van der Waals surface area contributed by atoms with Crippen molar-refractivity contribution in [2.24, 2.45) is 7.05 Å². The lowest BCUT2D eigenvalue weighted by Gasteiger charge is -2.09. The van der Waals surface area contributed by atoms with Crippen LogP contribution in [0.25, 0.3) is 11.1 Å². The number of carbonyl (C=O) groups excluding carboxylic acids is 2. The highest BCUT2D eigenvalue weighted by Gasteiger charge is 2.10. The SMILES string of the molecule is C=C(C)C(=O)OCCCCCCOc1ccc(C(=O)Oc2ccc(-c3ccc(OCCCCCCn4cc[n+](C)c4)cc3)cc2)cc1. The Morgan fingerprint density at radius 2 is 1.19 bits per heavy atom. The number of imidazole rings is 1. The van der Waals surface area contributed by atoms with Crippen molar-refractivity contribution in [1.82, 2.24) is 4.57 Å². The molecule has 0 atom stereocenters. The maximum atomic E-state index is 12.7. The maximum absolute atomic E-state index is 12.7. The number of aromatic nitrogens is 2. The lowest BCUT2D eigenvalue weighted by Crippen LogP contribution is -2.23. The Kier molecular flexibility index (Phi) is 14.1. The van der Waals surface area contributed by atoms with Gasteiger partial charge in [-0.05, 0) is 118 Å². The first kappa shape index (κ1) is 35.0. The highest BCUT2D eigenvalue weighted by Crippen LogP contribution is 2.25. The molecule has 0 fully saturated rings. The van der Waals surface area contributed by atoms with Crippen LogP contribution in [0.15, 0.2) is 104 Å². The van der Waals surface area contributed by atoms with Gasteiger partial charge in [-0.1, -0.05) is 30.8 Å². The van der Waals surface area contributed by atoms with Crippen LogP contribution in [0.1, 0.15) is 68.6 Å². The van der Waals surface area contributed by atoms with Gasteiger partial charge in [-0.2, -0.15) is 0 Å². The van der Waals surface area contributed by atoms with E-state index in [1.807, 2.05) is 43.4 Å². The van der Waals surface area contributed by atoms with Gasteiger partial charge in [0, 0.05) is 5.57 Å². The minimum absolute atomic E-state index is 0.340. The van der Waals surface area contributed by atoms with Crippen LogP contribution < -0.4 is 18.8 Å². The molecule has 4 aromatic rings. The smallest absolute Gasteiger partial charge is 0.343 e. The van der Waals surface area contributed by atoms with E-state index in [1.54, 1.807) is 43.3 Å². The molecule has 3 aromatic carbocycles. The van der Waals surface area contributed by atoms with Crippen LogP contribution in [-0.2, 0) is 23.1 Å². The summed E-state index contributed by atoms with van der Waals surface area (Å²) in [4.78, 5) is 24.0. The van der Waals surface area contributed by atoms with E-state index >= 15 is 0 Å². The minimum atomic E-state index is -0.423. The van der Waals surface area contributed by atoms with Gasteiger partial charge in [0.15, 0.2) is 0 Å². The summed E-state index contributed by atoms with van der Waals surface area (Å²) < 4.78 is 26.7. The molecule has 47 heavy (non-hydrogen) atoms. The zero-order valence-electron chi connectivity index (χ0n) is 27.7. The van der Waals surface area contributed by atoms with E-state index in [9.17, 15) is 9.59 Å². The predicted molar refractivity (Wildman–Crippen MR) is 183 cm³/mol. The van der Waals surface area contributed by atoms with E-state index in [-0.39, 0.29) is 5.97 Å². The molecule has 0 aliphatic heterocycles. The lowest BCUT2D eigenvalue weighted by atomic mass is 10.1. The predicted octanol–water partition coefficient (Wildman–Crippen LogP) is 7.90. The molecule has 8 heteroatoms. The fraction of sp³-hybridized carbons (Fsp3) is 0.359. The summed E-state index contributed by atoms with van der Waals surface area (Å²) in [6.45, 7) is 7.97. The van der Waals surface area contributed by atoms with Gasteiger partial charge in [-0.3, -0.25) is 0 Å². The van der Waals surface area contributed by atoms with Crippen molar-refractivity contribution in [2.75, 3.05) is 19.8 Å². The van der Waals surface area contributed by atoms with E-state index in [2.05, 4.69) is 34.4 Å². The summed E-state index contributed by atoms with van der Waals surface area (Å²) in [6.07, 6.45) is 14.5. The molecule has 0 spiro atoms. The molecule has 0 saturated heterocycles. The highest BCUT2D eigenvalue weighted by atomic mass is 16.5. The molecular weight excluding hydrogens is 592 g/mol. The molecule has 4 rings (SSSR count). The first-order valence-electron chi connectivity index (χ1n) is 16.5. The second-order valence-electron chi connectivity index (χ2n) is 11.7. The first-order chi connectivity index (χ1) is 22.9. The average molecular weight is 640 g/mol. The molecule has 0 N–H and O–H groups in total. The topological polar surface area (TPSA) is 79.9 Å². The van der Waals surface area contributed by atoms with E-state index in [0.717, 1.165) is 61.9 Å². The van der Waals surface area contributed by atoms with E-state index in [4.69, 9.17) is 18.9 Å². The lowest BCUT2D eigenvalue weighted by molar-refractivity contribution is -0.671. The third-order valence-corrected chi connectivity index (χ3v) is 7.63. The Bertz CT molecular complexity index is 1540. The third-order valence-electron chi connectivity index (χ3n) is 7.63. The van der Waals surface area contributed by atoms with Crippen molar-refractivity contribution in [1.29, 1.82) is 0 Å². The standard InChI is InChI=1S/C39H47N2O6/c1-31(2)38(42)46-29-11-7-6-10-28-45-36-20-16-34(17-21-36)39(43)47-37-22-14-33(15-23-37)32-12-18-35(19-13-32)44-27-9-5-4-8-24-41-26-25-40(3)30-41/h12-23,25-26,30H,1,4-11,24,27-29H2,2-3H3/q+1. The summed E-state index contributed by atoms with van der Waals surface area (Å²) in [7, 11) is 2.04. The van der Waals surface area contributed by atoms with Crippen molar-refractivity contribution in [2.45, 2.75) is 64.8 Å². The quantitative estimate of drug-likeness (QED) is 0.0322. The molecular formula is C39H47N2O6+. The molecule has 0 unspecified atom stereocenters. The van der Waals surface area contributed by atoms with Gasteiger partial charge in [0.25, 0.3) is 0 Å². The van der Waals surface area contributed by atoms with E-state index in [0.29, 0.717) is 42.5 Å². The fourth-order valence-corrected chi connectivity index (χ4v) is 4.92. The second kappa shape index (κ2) is 19.0. The molecule has 1 heterocycles. The summed E-state index contributed by atoms with van der Waals surface area (Å²) >= 11 is 0. The van der Waals surface area contributed by atoms with Crippen molar-refractivity contribution >= 4 is 11.9 Å². The van der Waals surface area contributed by atoms with Gasteiger partial charge < -0.3 is 18.9 Å². The van der Waals surface area contributed by atoms with Crippen molar-refractivity contribution < 1.29 is 33.1 Å². The molecule has 0 aliphatic carbocycles. The van der Waals surface area contributed by atoms with Gasteiger partial charge in [0.1, 0.15) is 29.6 Å². The average Bonchev–Trinajstić information content (AvgIpc) is 3.50. The second-order valence-corrected chi connectivity index (χ2v) is 11.7. The number of ether oxygens (including phenoxy) is 4. The maximum Gasteiger partial charge on any atom is 0.343 e. The minimum Gasteiger partial charge on any atom is -0.494 e. The highest BCUT2D eigenvalue weighted by molar-refractivity contribution is 5.91. The molecule has 0 radical (unpaired) electrons. The Balaban J connectivity index is 1.10. The molecule has 248 valence electrons. The number of aryl methyl sites for hydroxylation is 2. The van der Waals surface area contributed by atoms with E-state index < -0.39 is 5.97 Å². The Labute approximate surface area is 278 Å². The number of esters is 2. The van der Waals surface area contributed by atoms with Gasteiger partial charge in [-0.15, -0.1) is 0 Å². The molecule has 0 bridgehead atoms. The number of unbranched alkanes of at least 4 members (excludes halogenated alkanes) is 6. The van der Waals surface area contributed by atoms with Crippen LogP contribution in [0, 0.1) is 0 Å². The number of hydrogen-bond donors (Lipinski definition) is 0. The normalized spacial score (nSPS) is 10.8. The van der Waals surface area contributed by atoms with Gasteiger partial charge >= 0.3 is 11.9 Å². The van der Waals surface area contributed by atoms with Crippen molar-refractivity contribution in [3.05, 3.63) is 109 Å². The number of benzene rings is 3. The third kappa shape index (κ3) is 12.5. The van der Waals surface area contributed by atoms with Crippen LogP contribution in [0.4, 0.5) is 0 Å². The molecule has 0 aliphatic rings. The fourth-order valence-electron chi connectivity index (χ4n) is 4.92. The first-order valence-corrected chi connectivity index (χ1v) is 16.5. The summed E-state index contributed by atoms with van der Waals surface area (Å²) in [6, 6.07) is 22.5. The number of nitrogens with zero attached hydrogens (tertiary/aromatic N) is 2. The summed E-state index contributed by atoms with van der Waals surface area (Å²) in [5.74, 6) is 1.29. The zero-order chi connectivity index (χ0) is 33.3. The van der Waals surface area contributed by atoms with Crippen LogP contribution in [0.2, 0.25) is 0 Å². The van der Waals surface area contributed by atoms with Gasteiger partial charge in [0.05, 0.1) is 39.0 Å². The number of carbonyl (C=O) groups is 2. The number of hydrogen-bond acceptors (Lipinski definition) is 6. The molecule has 0 saturated carbocycles. The van der Waals surface area contributed by atoms with Crippen molar-refractivity contribution in [3.8, 4) is 28.4 Å². The summed E-state index contributed by atoms with van der Waals surface area (Å²) in [5, 5.41) is 0. The Morgan fingerprint density at radius 3 is 1.72 bits per heavy atom. The number of rotatable bonds is 20. The van der Waals surface area contributed by atoms with Crippen LogP contribution in [-0.4, -0.2) is 36.3 Å². The zero-order valence-corrected chi connectivity index (χ0v) is 27.7. The largest absolute Gasteiger partial charge is 0.494 e. The Hall–Kier alpha value is -4.85. The monoisotopic (exact) mass is 639 g/mol. The molecule has 8 nitrogen and oxygen atoms in total. The summed E-state index contributed by atoms with van der Waals surface area (Å²) in [5.41, 5.74) is 2.96. The van der Waals surface area contributed by atoms with Crippen molar-refractivity contribution in [3.63, 3.8) is 0 Å². The van der Waals surface area contributed by atoms with Crippen LogP contribution in [0.5, 0.6) is 17.2 Å². The van der Waals surface area contributed by atoms with Gasteiger partial charge in [-0.25, -0.2) is 18.7 Å². The Morgan fingerprint density at radius 1 is 0.681 bits per heavy atom. The molecule has 1 aromatic heterocycles. The van der Waals surface area contributed by atoms with Gasteiger partial charge in [0.2, 0.25) is 6.33 Å². The van der Waals surface area contributed by atoms with Crippen LogP contribution in [0.3, 0.4) is 0 Å². The van der Waals surface area contributed by atoms with E-state index in [1.165, 1.54) is 12.8 Å². The van der Waals surface area contributed by atoms with Crippen LogP contribution >= 0.6 is 0 Å².